The van der Waals surface area contributed by atoms with Gasteiger partial charge in [0.1, 0.15) is 5.52 Å². The fourth-order valence-corrected chi connectivity index (χ4v) is 2.33. The SMILES string of the molecule is O=c1c2ccnn2ccn1CC1CCCOC1. The number of nitrogens with zero attached hydrogens (tertiary/aromatic N) is 3. The Kier molecular flexibility index (Phi) is 2.68. The van der Waals surface area contributed by atoms with Gasteiger partial charge in [-0.1, -0.05) is 0 Å². The van der Waals surface area contributed by atoms with E-state index in [0.717, 1.165) is 32.6 Å². The Labute approximate surface area is 98.6 Å². The molecule has 3 heterocycles. The van der Waals surface area contributed by atoms with Gasteiger partial charge in [0.05, 0.1) is 12.8 Å². The first-order valence-electron chi connectivity index (χ1n) is 5.95. The van der Waals surface area contributed by atoms with Crippen molar-refractivity contribution in [2.45, 2.75) is 19.4 Å². The van der Waals surface area contributed by atoms with Crippen molar-refractivity contribution in [1.82, 2.24) is 14.2 Å². The predicted molar refractivity (Wildman–Crippen MR) is 63.0 cm³/mol. The van der Waals surface area contributed by atoms with E-state index in [-0.39, 0.29) is 5.56 Å². The van der Waals surface area contributed by atoms with Gasteiger partial charge in [-0.05, 0) is 18.9 Å². The maximum absolute atomic E-state index is 12.1. The molecule has 1 aliphatic rings. The maximum atomic E-state index is 12.1. The molecule has 5 heteroatoms. The summed E-state index contributed by atoms with van der Waals surface area (Å²) in [6, 6.07) is 1.75. The highest BCUT2D eigenvalue weighted by atomic mass is 16.5. The monoisotopic (exact) mass is 233 g/mol. The number of hydrogen-bond donors (Lipinski definition) is 0. The summed E-state index contributed by atoms with van der Waals surface area (Å²) in [5.74, 6) is 0.451. The van der Waals surface area contributed by atoms with Crippen LogP contribution in [0.2, 0.25) is 0 Å². The lowest BCUT2D eigenvalue weighted by molar-refractivity contribution is 0.0480. The minimum atomic E-state index is 0.0237. The van der Waals surface area contributed by atoms with E-state index in [1.807, 2.05) is 6.20 Å². The van der Waals surface area contributed by atoms with Gasteiger partial charge in [0.25, 0.3) is 5.56 Å². The van der Waals surface area contributed by atoms with Crippen molar-refractivity contribution in [3.63, 3.8) is 0 Å². The lowest BCUT2D eigenvalue weighted by Gasteiger charge is -2.22. The van der Waals surface area contributed by atoms with Gasteiger partial charge in [0, 0.05) is 31.5 Å². The molecule has 5 nitrogen and oxygen atoms in total. The zero-order valence-corrected chi connectivity index (χ0v) is 9.58. The standard InChI is InChI=1S/C12H15N3O2/c16-12-11-3-4-13-15(11)6-5-14(12)8-10-2-1-7-17-9-10/h3-6,10H,1-2,7-9H2. The van der Waals surface area contributed by atoms with Crippen LogP contribution in [0.25, 0.3) is 5.52 Å². The van der Waals surface area contributed by atoms with Crippen LogP contribution in [0.5, 0.6) is 0 Å². The van der Waals surface area contributed by atoms with Crippen LogP contribution in [0.4, 0.5) is 0 Å². The van der Waals surface area contributed by atoms with Gasteiger partial charge < -0.3 is 9.30 Å². The van der Waals surface area contributed by atoms with Gasteiger partial charge in [0.2, 0.25) is 0 Å². The molecule has 0 aliphatic carbocycles. The third-order valence-corrected chi connectivity index (χ3v) is 3.25. The molecule has 1 fully saturated rings. The second kappa shape index (κ2) is 4.33. The van der Waals surface area contributed by atoms with Crippen molar-refractivity contribution in [2.75, 3.05) is 13.2 Å². The lowest BCUT2D eigenvalue weighted by atomic mass is 10.0. The molecule has 1 atom stereocenters. The third kappa shape index (κ3) is 1.98. The van der Waals surface area contributed by atoms with Crippen LogP contribution in [-0.4, -0.2) is 27.4 Å². The summed E-state index contributed by atoms with van der Waals surface area (Å²) in [5, 5.41) is 4.05. The highest BCUT2D eigenvalue weighted by Gasteiger charge is 2.15. The van der Waals surface area contributed by atoms with Crippen LogP contribution in [-0.2, 0) is 11.3 Å². The fourth-order valence-electron chi connectivity index (χ4n) is 2.33. The molecule has 0 radical (unpaired) electrons. The smallest absolute Gasteiger partial charge is 0.276 e. The van der Waals surface area contributed by atoms with Gasteiger partial charge in [-0.2, -0.15) is 5.10 Å². The Morgan fingerprint density at radius 1 is 1.47 bits per heavy atom. The zero-order chi connectivity index (χ0) is 11.7. The largest absolute Gasteiger partial charge is 0.381 e. The molecule has 1 aliphatic heterocycles. The molecule has 1 unspecified atom stereocenters. The van der Waals surface area contributed by atoms with Crippen LogP contribution < -0.4 is 5.56 Å². The second-order valence-corrected chi connectivity index (χ2v) is 4.50. The second-order valence-electron chi connectivity index (χ2n) is 4.50. The van der Waals surface area contributed by atoms with E-state index in [0.29, 0.717) is 11.4 Å². The van der Waals surface area contributed by atoms with Gasteiger partial charge >= 0.3 is 0 Å². The van der Waals surface area contributed by atoms with Crippen LogP contribution in [0.3, 0.4) is 0 Å². The predicted octanol–water partition coefficient (Wildman–Crippen LogP) is 0.923. The molecule has 17 heavy (non-hydrogen) atoms. The van der Waals surface area contributed by atoms with Crippen molar-refractivity contribution in [3.05, 3.63) is 35.0 Å². The molecule has 1 saturated heterocycles. The lowest BCUT2D eigenvalue weighted by Crippen LogP contribution is -2.28. The van der Waals surface area contributed by atoms with Crippen LogP contribution in [0.15, 0.2) is 29.5 Å². The Morgan fingerprint density at radius 3 is 3.24 bits per heavy atom. The third-order valence-electron chi connectivity index (χ3n) is 3.25. The Hall–Kier alpha value is -1.62. The molecule has 0 aromatic carbocycles. The molecule has 0 N–H and O–H groups in total. The normalized spacial score (nSPS) is 20.8. The summed E-state index contributed by atoms with van der Waals surface area (Å²) in [6.45, 7) is 2.35. The molecular weight excluding hydrogens is 218 g/mol. The molecule has 2 aromatic heterocycles. The summed E-state index contributed by atoms with van der Waals surface area (Å²) in [7, 11) is 0. The molecule has 2 aromatic rings. The van der Waals surface area contributed by atoms with Crippen molar-refractivity contribution < 1.29 is 4.74 Å². The van der Waals surface area contributed by atoms with E-state index < -0.39 is 0 Å². The summed E-state index contributed by atoms with van der Waals surface area (Å²) in [4.78, 5) is 12.1. The number of fused-ring (bicyclic) bond motifs is 1. The van der Waals surface area contributed by atoms with Crippen LogP contribution >= 0.6 is 0 Å². The van der Waals surface area contributed by atoms with Gasteiger partial charge in [0.15, 0.2) is 0 Å². The summed E-state index contributed by atoms with van der Waals surface area (Å²) in [6.07, 6.45) is 7.49. The zero-order valence-electron chi connectivity index (χ0n) is 9.58. The number of hydrogen-bond acceptors (Lipinski definition) is 3. The highest BCUT2D eigenvalue weighted by Crippen LogP contribution is 2.14. The maximum Gasteiger partial charge on any atom is 0.276 e. The molecule has 0 spiro atoms. The summed E-state index contributed by atoms with van der Waals surface area (Å²) < 4.78 is 8.80. The Morgan fingerprint density at radius 2 is 2.41 bits per heavy atom. The van der Waals surface area contributed by atoms with E-state index in [9.17, 15) is 4.79 Å². The Bertz CT molecular complexity index is 566. The molecular formula is C12H15N3O2. The topological polar surface area (TPSA) is 48.5 Å². The summed E-state index contributed by atoms with van der Waals surface area (Å²) in [5.41, 5.74) is 0.653. The molecule has 3 rings (SSSR count). The minimum absolute atomic E-state index is 0.0237. The molecule has 0 saturated carbocycles. The van der Waals surface area contributed by atoms with Gasteiger partial charge in [-0.25, -0.2) is 4.52 Å². The molecule has 90 valence electrons. The average molecular weight is 233 g/mol. The fraction of sp³-hybridized carbons (Fsp3) is 0.500. The first kappa shape index (κ1) is 10.5. The van der Waals surface area contributed by atoms with E-state index >= 15 is 0 Å². The number of aromatic nitrogens is 3. The van der Waals surface area contributed by atoms with E-state index in [2.05, 4.69) is 5.10 Å². The summed E-state index contributed by atoms with van der Waals surface area (Å²) >= 11 is 0. The van der Waals surface area contributed by atoms with Crippen molar-refractivity contribution in [3.8, 4) is 0 Å². The van der Waals surface area contributed by atoms with E-state index in [1.54, 1.807) is 27.5 Å². The number of rotatable bonds is 2. The highest BCUT2D eigenvalue weighted by molar-refractivity contribution is 5.42. The minimum Gasteiger partial charge on any atom is -0.381 e. The van der Waals surface area contributed by atoms with Gasteiger partial charge in [-0.3, -0.25) is 4.79 Å². The Balaban J connectivity index is 1.89. The molecule has 0 amide bonds. The van der Waals surface area contributed by atoms with Crippen molar-refractivity contribution >= 4 is 5.52 Å². The molecule has 0 bridgehead atoms. The van der Waals surface area contributed by atoms with Crippen molar-refractivity contribution in [1.29, 1.82) is 0 Å². The van der Waals surface area contributed by atoms with Crippen LogP contribution in [0.1, 0.15) is 12.8 Å². The van der Waals surface area contributed by atoms with E-state index in [1.165, 1.54) is 0 Å². The number of ether oxygens (including phenoxy) is 1. The van der Waals surface area contributed by atoms with E-state index in [4.69, 9.17) is 4.74 Å². The first-order chi connectivity index (χ1) is 8.34. The quantitative estimate of drug-likeness (QED) is 0.775. The van der Waals surface area contributed by atoms with Crippen molar-refractivity contribution in [2.24, 2.45) is 5.92 Å². The van der Waals surface area contributed by atoms with Gasteiger partial charge in [-0.15, -0.1) is 0 Å². The first-order valence-corrected chi connectivity index (χ1v) is 5.95. The average Bonchev–Trinajstić information content (AvgIpc) is 2.83. The van der Waals surface area contributed by atoms with Crippen LogP contribution in [0, 0.1) is 5.92 Å².